The molecule has 3 rings (SSSR count). The summed E-state index contributed by atoms with van der Waals surface area (Å²) < 4.78 is 2.48. The summed E-state index contributed by atoms with van der Waals surface area (Å²) in [6, 6.07) is 18.1. The maximum Gasteiger partial charge on any atom is 0.264 e. The van der Waals surface area contributed by atoms with E-state index >= 15 is 0 Å². The average molecular weight is 361 g/mol. The molecule has 0 saturated heterocycles. The molecule has 2 nitrogen and oxygen atoms in total. The summed E-state index contributed by atoms with van der Waals surface area (Å²) >= 11 is 2.15. The van der Waals surface area contributed by atoms with Crippen LogP contribution in [-0.2, 0) is 7.05 Å². The monoisotopic (exact) mass is 361 g/mol. The number of hydrogen-bond acceptors (Lipinski definition) is 1. The van der Waals surface area contributed by atoms with Crippen LogP contribution in [0, 0.1) is 3.57 Å². The van der Waals surface area contributed by atoms with Gasteiger partial charge in [0.2, 0.25) is 0 Å². The van der Waals surface area contributed by atoms with E-state index in [0.29, 0.717) is 0 Å². The summed E-state index contributed by atoms with van der Waals surface area (Å²) in [6.07, 6.45) is 0. The molecule has 19 heavy (non-hydrogen) atoms. The Kier molecular flexibility index (Phi) is 3.14. The maximum absolute atomic E-state index is 12.3. The van der Waals surface area contributed by atoms with Crippen molar-refractivity contribution in [2.75, 3.05) is 0 Å². The summed E-state index contributed by atoms with van der Waals surface area (Å²) in [5.74, 6) is 0. The highest BCUT2D eigenvalue weighted by molar-refractivity contribution is 14.1. The van der Waals surface area contributed by atoms with Gasteiger partial charge in [0, 0.05) is 18.0 Å². The zero-order valence-corrected chi connectivity index (χ0v) is 12.6. The van der Waals surface area contributed by atoms with Crippen LogP contribution in [-0.4, -0.2) is 4.57 Å². The molecule has 0 saturated carbocycles. The van der Waals surface area contributed by atoms with Crippen LogP contribution in [0.2, 0.25) is 0 Å². The second-order valence-corrected chi connectivity index (χ2v) is 5.52. The number of benzene rings is 2. The van der Waals surface area contributed by atoms with Gasteiger partial charge in [-0.3, -0.25) is 4.79 Å². The van der Waals surface area contributed by atoms with Crippen LogP contribution in [0.1, 0.15) is 0 Å². The molecule has 0 aliphatic heterocycles. The molecule has 0 N–H and O–H groups in total. The normalized spacial score (nSPS) is 10.8. The molecule has 1 aromatic heterocycles. The van der Waals surface area contributed by atoms with Crippen molar-refractivity contribution in [3.05, 3.63) is 68.5 Å². The molecule has 0 bridgehead atoms. The SMILES string of the molecule is Cn1c(=O)c(I)c(-c2ccccc2)c2ccccc21. The Balaban J connectivity index is 2.52. The van der Waals surface area contributed by atoms with Gasteiger partial charge in [0.25, 0.3) is 5.56 Å². The van der Waals surface area contributed by atoms with E-state index in [4.69, 9.17) is 0 Å². The molecule has 0 amide bonds. The lowest BCUT2D eigenvalue weighted by Crippen LogP contribution is -2.20. The summed E-state index contributed by atoms with van der Waals surface area (Å²) in [5.41, 5.74) is 3.13. The highest BCUT2D eigenvalue weighted by atomic mass is 127. The molecule has 0 aliphatic rings. The van der Waals surface area contributed by atoms with E-state index in [1.165, 1.54) is 0 Å². The minimum atomic E-state index is 0.0538. The van der Waals surface area contributed by atoms with Gasteiger partial charge >= 0.3 is 0 Å². The maximum atomic E-state index is 12.3. The predicted molar refractivity (Wildman–Crippen MR) is 87.3 cm³/mol. The number of halogens is 1. The zero-order chi connectivity index (χ0) is 13.4. The summed E-state index contributed by atoms with van der Waals surface area (Å²) in [4.78, 5) is 12.3. The minimum Gasteiger partial charge on any atom is -0.310 e. The Labute approximate surface area is 124 Å². The molecule has 1 heterocycles. The van der Waals surface area contributed by atoms with Crippen LogP contribution in [0.5, 0.6) is 0 Å². The third-order valence-corrected chi connectivity index (χ3v) is 4.31. The number of rotatable bonds is 1. The van der Waals surface area contributed by atoms with Crippen molar-refractivity contribution in [2.24, 2.45) is 7.05 Å². The standard InChI is InChI=1S/C16H12INO/c1-18-13-10-6-5-9-12(13)14(15(17)16(18)19)11-7-3-2-4-8-11/h2-10H,1H3. The number of fused-ring (bicyclic) bond motifs is 1. The molecular weight excluding hydrogens is 349 g/mol. The predicted octanol–water partition coefficient (Wildman–Crippen LogP) is 3.81. The van der Waals surface area contributed by atoms with Crippen LogP contribution in [0.4, 0.5) is 0 Å². The molecular formula is C16H12INO. The molecule has 0 radical (unpaired) electrons. The molecule has 94 valence electrons. The smallest absolute Gasteiger partial charge is 0.264 e. The van der Waals surface area contributed by atoms with Gasteiger partial charge in [0.15, 0.2) is 0 Å². The van der Waals surface area contributed by atoms with E-state index in [1.807, 2.05) is 55.6 Å². The highest BCUT2D eigenvalue weighted by Crippen LogP contribution is 2.30. The Bertz CT molecular complexity index is 806. The second kappa shape index (κ2) is 4.81. The Hall–Kier alpha value is -1.62. The first-order valence-corrected chi connectivity index (χ1v) is 7.10. The van der Waals surface area contributed by atoms with E-state index in [9.17, 15) is 4.79 Å². The molecule has 2 aromatic carbocycles. The number of aromatic nitrogens is 1. The topological polar surface area (TPSA) is 22.0 Å². The molecule has 0 unspecified atom stereocenters. The molecule has 3 heteroatoms. The van der Waals surface area contributed by atoms with E-state index < -0.39 is 0 Å². The van der Waals surface area contributed by atoms with E-state index in [2.05, 4.69) is 28.7 Å². The number of para-hydroxylation sites is 1. The Morgan fingerprint density at radius 3 is 2.32 bits per heavy atom. The molecule has 0 spiro atoms. The fourth-order valence-electron chi connectivity index (χ4n) is 2.35. The van der Waals surface area contributed by atoms with Crippen LogP contribution in [0.15, 0.2) is 59.4 Å². The summed E-state index contributed by atoms with van der Waals surface area (Å²) in [5, 5.41) is 1.11. The Morgan fingerprint density at radius 1 is 0.947 bits per heavy atom. The van der Waals surface area contributed by atoms with Crippen molar-refractivity contribution in [1.29, 1.82) is 0 Å². The molecule has 0 aliphatic carbocycles. The third kappa shape index (κ3) is 1.98. The van der Waals surface area contributed by atoms with E-state index in [0.717, 1.165) is 25.6 Å². The lowest BCUT2D eigenvalue weighted by atomic mass is 10.0. The van der Waals surface area contributed by atoms with Crippen molar-refractivity contribution in [2.45, 2.75) is 0 Å². The zero-order valence-electron chi connectivity index (χ0n) is 10.4. The summed E-state index contributed by atoms with van der Waals surface area (Å²) in [7, 11) is 1.82. The fourth-order valence-corrected chi connectivity index (χ4v) is 3.31. The molecule has 0 atom stereocenters. The van der Waals surface area contributed by atoms with Crippen LogP contribution in [0.3, 0.4) is 0 Å². The van der Waals surface area contributed by atoms with E-state index in [-0.39, 0.29) is 5.56 Å². The largest absolute Gasteiger partial charge is 0.310 e. The third-order valence-electron chi connectivity index (χ3n) is 3.31. The highest BCUT2D eigenvalue weighted by Gasteiger charge is 2.13. The first-order valence-electron chi connectivity index (χ1n) is 6.03. The van der Waals surface area contributed by atoms with Gasteiger partial charge < -0.3 is 4.57 Å². The van der Waals surface area contributed by atoms with Gasteiger partial charge in [-0.05, 0) is 34.2 Å². The average Bonchev–Trinajstić information content (AvgIpc) is 2.46. The van der Waals surface area contributed by atoms with Gasteiger partial charge in [-0.2, -0.15) is 0 Å². The first-order chi connectivity index (χ1) is 9.20. The molecule has 3 aromatic rings. The first kappa shape index (κ1) is 12.4. The van der Waals surface area contributed by atoms with E-state index in [1.54, 1.807) is 4.57 Å². The van der Waals surface area contributed by atoms with Gasteiger partial charge in [-0.25, -0.2) is 0 Å². The number of nitrogens with zero attached hydrogens (tertiary/aromatic N) is 1. The number of aryl methyl sites for hydroxylation is 1. The van der Waals surface area contributed by atoms with Crippen LogP contribution in [0.25, 0.3) is 22.0 Å². The fraction of sp³-hybridized carbons (Fsp3) is 0.0625. The van der Waals surface area contributed by atoms with Crippen LogP contribution >= 0.6 is 22.6 Å². The van der Waals surface area contributed by atoms with Gasteiger partial charge in [0.05, 0.1) is 9.09 Å². The minimum absolute atomic E-state index is 0.0538. The second-order valence-electron chi connectivity index (χ2n) is 4.44. The van der Waals surface area contributed by atoms with Crippen molar-refractivity contribution < 1.29 is 0 Å². The van der Waals surface area contributed by atoms with Crippen LogP contribution < -0.4 is 5.56 Å². The lowest BCUT2D eigenvalue weighted by molar-refractivity contribution is 0.899. The van der Waals surface area contributed by atoms with Crippen molar-refractivity contribution in [1.82, 2.24) is 4.57 Å². The molecule has 0 fully saturated rings. The number of pyridine rings is 1. The summed E-state index contributed by atoms with van der Waals surface area (Å²) in [6.45, 7) is 0. The van der Waals surface area contributed by atoms with Crippen molar-refractivity contribution in [3.8, 4) is 11.1 Å². The number of hydrogen-bond donors (Lipinski definition) is 0. The van der Waals surface area contributed by atoms with Crippen molar-refractivity contribution in [3.63, 3.8) is 0 Å². The van der Waals surface area contributed by atoms with Gasteiger partial charge in [0.1, 0.15) is 0 Å². The lowest BCUT2D eigenvalue weighted by Gasteiger charge is -2.12. The Morgan fingerprint density at radius 2 is 1.58 bits per heavy atom. The van der Waals surface area contributed by atoms with Gasteiger partial charge in [-0.15, -0.1) is 0 Å². The van der Waals surface area contributed by atoms with Crippen molar-refractivity contribution >= 4 is 33.5 Å². The van der Waals surface area contributed by atoms with Gasteiger partial charge in [-0.1, -0.05) is 48.5 Å². The quantitative estimate of drug-likeness (QED) is 0.605.